The monoisotopic (exact) mass is 384 g/mol. The van der Waals surface area contributed by atoms with Crippen molar-refractivity contribution in [2.75, 3.05) is 0 Å². The minimum absolute atomic E-state index is 0.0261. The van der Waals surface area contributed by atoms with Gasteiger partial charge in [-0.3, -0.25) is 14.2 Å². The number of para-hydroxylation sites is 1. The van der Waals surface area contributed by atoms with E-state index in [9.17, 15) is 18.5 Å². The molecular weight excluding hydrogens is 366 g/mol. The molecule has 0 amide bonds. The quantitative estimate of drug-likeness (QED) is 0.411. The van der Waals surface area contributed by atoms with Crippen molar-refractivity contribution in [3.05, 3.63) is 59.9 Å². The number of esters is 1. The molecule has 0 saturated heterocycles. The Hall–Kier alpha value is -2.54. The average molecular weight is 384 g/mol. The Kier molecular flexibility index (Phi) is 8.12. The van der Waals surface area contributed by atoms with Gasteiger partial charge in [0.25, 0.3) is 0 Å². The molecule has 0 aliphatic rings. The second-order valence-corrected chi connectivity index (χ2v) is 6.72. The summed E-state index contributed by atoms with van der Waals surface area (Å²) in [6.45, 7) is 1.31. The molecule has 0 aromatic heterocycles. The number of aryl methyl sites for hydroxylation is 1. The standard InChI is InChI=1S/C11H12O4.C6H6FO3P/c1-8(12)15-10-5-3-2-4-9(10)6-7-11(13)14;7-5-2-1-3-6(4-5)11(8,9)10/h2-5H,6-7H2,1H3,(H,13,14);1-4H,(H2,8,9,10). The average Bonchev–Trinajstić information content (AvgIpc) is 2.53. The minimum Gasteiger partial charge on any atom is -0.481 e. The van der Waals surface area contributed by atoms with Crippen LogP contribution in [0, 0.1) is 5.82 Å². The van der Waals surface area contributed by atoms with Gasteiger partial charge in [0, 0.05) is 13.3 Å². The molecule has 0 radical (unpaired) electrons. The molecule has 0 atom stereocenters. The Labute approximate surface area is 149 Å². The van der Waals surface area contributed by atoms with E-state index >= 15 is 0 Å². The van der Waals surface area contributed by atoms with Crippen LogP contribution in [0.15, 0.2) is 48.5 Å². The number of carbonyl (C=O) groups is 2. The highest BCUT2D eigenvalue weighted by Gasteiger charge is 2.16. The molecule has 7 nitrogen and oxygen atoms in total. The number of halogens is 1. The van der Waals surface area contributed by atoms with Crippen LogP contribution in [0.25, 0.3) is 0 Å². The maximum atomic E-state index is 12.4. The van der Waals surface area contributed by atoms with E-state index in [1.165, 1.54) is 19.1 Å². The van der Waals surface area contributed by atoms with Gasteiger partial charge in [0.1, 0.15) is 11.6 Å². The second-order valence-electron chi connectivity index (χ2n) is 5.12. The molecule has 3 N–H and O–H groups in total. The first-order valence-corrected chi connectivity index (χ1v) is 9.00. The molecule has 9 heteroatoms. The summed E-state index contributed by atoms with van der Waals surface area (Å²) in [5.74, 6) is -1.48. The zero-order chi connectivity index (χ0) is 19.7. The molecule has 0 spiro atoms. The third kappa shape index (κ3) is 8.02. The lowest BCUT2D eigenvalue weighted by molar-refractivity contribution is -0.137. The van der Waals surface area contributed by atoms with Crippen molar-refractivity contribution in [1.82, 2.24) is 0 Å². The number of ether oxygens (including phenoxy) is 1. The lowest BCUT2D eigenvalue weighted by Gasteiger charge is -2.06. The van der Waals surface area contributed by atoms with Gasteiger partial charge < -0.3 is 19.6 Å². The van der Waals surface area contributed by atoms with E-state index in [0.717, 1.165) is 17.7 Å². The maximum absolute atomic E-state index is 12.4. The number of hydrogen-bond acceptors (Lipinski definition) is 4. The summed E-state index contributed by atoms with van der Waals surface area (Å²) in [7, 11) is -4.29. The summed E-state index contributed by atoms with van der Waals surface area (Å²) in [6.07, 6.45) is 0.386. The van der Waals surface area contributed by atoms with Crippen molar-refractivity contribution in [2.45, 2.75) is 19.8 Å². The van der Waals surface area contributed by atoms with E-state index in [1.807, 2.05) is 0 Å². The molecular formula is C17H18FO7P. The fourth-order valence-corrected chi connectivity index (χ4v) is 2.44. The van der Waals surface area contributed by atoms with Gasteiger partial charge in [-0.25, -0.2) is 4.39 Å². The molecule has 0 heterocycles. The van der Waals surface area contributed by atoms with Crippen LogP contribution >= 0.6 is 7.60 Å². The first kappa shape index (κ1) is 21.5. The van der Waals surface area contributed by atoms with Crippen LogP contribution in [0.5, 0.6) is 5.75 Å². The van der Waals surface area contributed by atoms with Crippen LogP contribution in [0.3, 0.4) is 0 Å². The van der Waals surface area contributed by atoms with Gasteiger partial charge in [0.05, 0.1) is 5.30 Å². The van der Waals surface area contributed by atoms with E-state index in [2.05, 4.69) is 0 Å². The number of rotatable bonds is 5. The molecule has 0 aliphatic heterocycles. The summed E-state index contributed by atoms with van der Waals surface area (Å²) in [6, 6.07) is 11.3. The smallest absolute Gasteiger partial charge is 0.356 e. The molecule has 140 valence electrons. The van der Waals surface area contributed by atoms with Gasteiger partial charge in [-0.2, -0.15) is 0 Å². The van der Waals surface area contributed by atoms with E-state index in [4.69, 9.17) is 19.6 Å². The molecule has 0 fully saturated rings. The van der Waals surface area contributed by atoms with Crippen molar-refractivity contribution in [3.63, 3.8) is 0 Å². The summed E-state index contributed by atoms with van der Waals surface area (Å²) in [5.41, 5.74) is 0.732. The normalized spacial score (nSPS) is 10.5. The van der Waals surface area contributed by atoms with Crippen LogP contribution in [0.2, 0.25) is 0 Å². The Bertz CT molecular complexity index is 816. The number of benzene rings is 2. The lowest BCUT2D eigenvalue weighted by atomic mass is 10.1. The van der Waals surface area contributed by atoms with Crippen LogP contribution in [0.1, 0.15) is 18.9 Å². The second kappa shape index (κ2) is 9.82. The van der Waals surface area contributed by atoms with Gasteiger partial charge in [-0.1, -0.05) is 24.3 Å². The maximum Gasteiger partial charge on any atom is 0.356 e. The van der Waals surface area contributed by atoms with Crippen molar-refractivity contribution < 1.29 is 38.2 Å². The van der Waals surface area contributed by atoms with Crippen molar-refractivity contribution >= 4 is 24.8 Å². The number of carbonyl (C=O) groups excluding carboxylic acids is 1. The Morgan fingerprint density at radius 2 is 1.77 bits per heavy atom. The van der Waals surface area contributed by atoms with Gasteiger partial charge in [-0.15, -0.1) is 0 Å². The molecule has 0 aliphatic carbocycles. The molecule has 2 rings (SSSR count). The van der Waals surface area contributed by atoms with Crippen molar-refractivity contribution in [1.29, 1.82) is 0 Å². The highest BCUT2D eigenvalue weighted by Crippen LogP contribution is 2.32. The fraction of sp³-hybridized carbons (Fsp3) is 0.176. The molecule has 0 unspecified atom stereocenters. The number of carboxylic acid groups (broad SMARTS) is 1. The Morgan fingerprint density at radius 1 is 1.12 bits per heavy atom. The number of aliphatic carboxylic acids is 1. The lowest BCUT2D eigenvalue weighted by Crippen LogP contribution is -2.05. The Balaban J connectivity index is 0.000000273. The highest BCUT2D eigenvalue weighted by atomic mass is 31.2. The summed E-state index contributed by atoms with van der Waals surface area (Å²) >= 11 is 0. The van der Waals surface area contributed by atoms with Crippen LogP contribution in [-0.2, 0) is 20.6 Å². The van der Waals surface area contributed by atoms with Crippen molar-refractivity contribution in [3.8, 4) is 5.75 Å². The summed E-state index contributed by atoms with van der Waals surface area (Å²) < 4.78 is 27.8. The number of hydrogen-bond donors (Lipinski definition) is 3. The SMILES string of the molecule is CC(=O)Oc1ccccc1CCC(=O)O.O=P(O)(O)c1cccc(F)c1. The largest absolute Gasteiger partial charge is 0.481 e. The third-order valence-corrected chi connectivity index (χ3v) is 3.93. The van der Waals surface area contributed by atoms with Crippen LogP contribution in [-0.4, -0.2) is 26.8 Å². The topological polar surface area (TPSA) is 121 Å². The number of carboxylic acids is 1. The minimum atomic E-state index is -4.29. The van der Waals surface area contributed by atoms with Gasteiger partial charge in [0.15, 0.2) is 0 Å². The predicted octanol–water partition coefficient (Wildman–Crippen LogP) is 2.26. The van der Waals surface area contributed by atoms with E-state index in [0.29, 0.717) is 12.2 Å². The zero-order valence-electron chi connectivity index (χ0n) is 13.8. The van der Waals surface area contributed by atoms with Gasteiger partial charge >= 0.3 is 19.5 Å². The summed E-state index contributed by atoms with van der Waals surface area (Å²) in [5, 5.41) is 8.25. The fourth-order valence-electron chi connectivity index (χ4n) is 1.86. The van der Waals surface area contributed by atoms with Crippen LogP contribution < -0.4 is 10.0 Å². The predicted molar refractivity (Wildman–Crippen MR) is 91.8 cm³/mol. The molecule has 2 aromatic carbocycles. The first-order chi connectivity index (χ1) is 12.1. The molecule has 0 bridgehead atoms. The van der Waals surface area contributed by atoms with Crippen molar-refractivity contribution in [2.24, 2.45) is 0 Å². The Morgan fingerprint density at radius 3 is 2.27 bits per heavy atom. The van der Waals surface area contributed by atoms with E-state index in [1.54, 1.807) is 24.3 Å². The summed E-state index contributed by atoms with van der Waals surface area (Å²) in [4.78, 5) is 38.3. The first-order valence-electron chi connectivity index (χ1n) is 7.39. The van der Waals surface area contributed by atoms with Gasteiger partial charge in [-0.05, 0) is 36.2 Å². The third-order valence-electron chi connectivity index (χ3n) is 2.98. The zero-order valence-corrected chi connectivity index (χ0v) is 14.7. The highest BCUT2D eigenvalue weighted by molar-refractivity contribution is 7.60. The van der Waals surface area contributed by atoms with Gasteiger partial charge in [0.2, 0.25) is 0 Å². The molecule has 0 saturated carbocycles. The molecule has 26 heavy (non-hydrogen) atoms. The van der Waals surface area contributed by atoms with E-state index < -0.39 is 25.4 Å². The molecule has 2 aromatic rings. The van der Waals surface area contributed by atoms with Crippen LogP contribution in [0.4, 0.5) is 4.39 Å². The van der Waals surface area contributed by atoms with E-state index in [-0.39, 0.29) is 11.7 Å².